The van der Waals surface area contributed by atoms with Crippen LogP contribution in [0.3, 0.4) is 0 Å². The number of nitrogens with zero attached hydrogens (tertiary/aromatic N) is 7. The molecule has 21 heavy (non-hydrogen) atoms. The summed E-state index contributed by atoms with van der Waals surface area (Å²) < 4.78 is 0. The number of anilines is 3. The van der Waals surface area contributed by atoms with E-state index in [2.05, 4.69) is 40.0 Å². The molecule has 1 aliphatic heterocycles. The topological polar surface area (TPSA) is 83.0 Å². The van der Waals surface area contributed by atoms with Crippen molar-refractivity contribution >= 4 is 29.4 Å². The quantitative estimate of drug-likeness (QED) is 0.886. The van der Waals surface area contributed by atoms with Crippen molar-refractivity contribution in [2.24, 2.45) is 0 Å². The second-order valence-corrected chi connectivity index (χ2v) is 4.84. The fourth-order valence-electron chi connectivity index (χ4n) is 2.15. The summed E-state index contributed by atoms with van der Waals surface area (Å²) in [6, 6.07) is 1.81. The van der Waals surface area contributed by atoms with Crippen LogP contribution < -0.4 is 15.1 Å². The van der Waals surface area contributed by atoms with E-state index in [0.717, 1.165) is 32.1 Å². The molecule has 0 spiro atoms. The van der Waals surface area contributed by atoms with E-state index in [-0.39, 0.29) is 5.28 Å². The zero-order valence-corrected chi connectivity index (χ0v) is 12.3. The first kappa shape index (κ1) is 13.7. The van der Waals surface area contributed by atoms with Crippen LogP contribution in [0.25, 0.3) is 0 Å². The predicted molar refractivity (Wildman–Crippen MR) is 80.8 cm³/mol. The van der Waals surface area contributed by atoms with Gasteiger partial charge >= 0.3 is 0 Å². The first-order chi connectivity index (χ1) is 10.3. The molecule has 0 amide bonds. The molecule has 0 atom stereocenters. The van der Waals surface area contributed by atoms with E-state index in [4.69, 9.17) is 11.6 Å². The first-order valence-corrected chi connectivity index (χ1v) is 7.00. The zero-order chi connectivity index (χ0) is 14.7. The van der Waals surface area contributed by atoms with Gasteiger partial charge in [-0.05, 0) is 17.7 Å². The van der Waals surface area contributed by atoms with Crippen molar-refractivity contribution < 1.29 is 0 Å². The average Bonchev–Trinajstić information content (AvgIpc) is 2.55. The first-order valence-electron chi connectivity index (χ1n) is 6.62. The van der Waals surface area contributed by atoms with E-state index >= 15 is 0 Å². The van der Waals surface area contributed by atoms with Crippen molar-refractivity contribution in [1.82, 2.24) is 24.9 Å². The lowest BCUT2D eigenvalue weighted by Gasteiger charge is -2.34. The molecule has 2 aromatic rings. The third-order valence-electron chi connectivity index (χ3n) is 3.22. The largest absolute Gasteiger partial charge is 0.357 e. The summed E-state index contributed by atoms with van der Waals surface area (Å²) >= 11 is 5.91. The summed E-state index contributed by atoms with van der Waals surface area (Å²) in [4.78, 5) is 25.2. The Bertz CT molecular complexity index is 599. The molecule has 3 heterocycles. The second-order valence-electron chi connectivity index (χ2n) is 4.50. The molecule has 9 heteroatoms. The normalized spacial score (nSPS) is 15.1. The molecule has 1 saturated heterocycles. The van der Waals surface area contributed by atoms with E-state index in [1.54, 1.807) is 19.4 Å². The molecule has 1 fully saturated rings. The Morgan fingerprint density at radius 3 is 2.19 bits per heavy atom. The van der Waals surface area contributed by atoms with Crippen molar-refractivity contribution in [1.29, 1.82) is 0 Å². The van der Waals surface area contributed by atoms with Crippen molar-refractivity contribution in [3.8, 4) is 0 Å². The van der Waals surface area contributed by atoms with Crippen LogP contribution in [0.15, 0.2) is 18.5 Å². The Morgan fingerprint density at radius 1 is 0.952 bits per heavy atom. The molecule has 0 saturated carbocycles. The molecule has 0 unspecified atom stereocenters. The van der Waals surface area contributed by atoms with Crippen LogP contribution in [0.1, 0.15) is 0 Å². The Hall–Kier alpha value is -2.22. The average molecular weight is 307 g/mol. The minimum Gasteiger partial charge on any atom is -0.357 e. The maximum Gasteiger partial charge on any atom is 0.231 e. The Labute approximate surface area is 127 Å². The lowest BCUT2D eigenvalue weighted by atomic mass is 10.3. The van der Waals surface area contributed by atoms with Gasteiger partial charge in [0, 0.05) is 45.6 Å². The van der Waals surface area contributed by atoms with Crippen LogP contribution in [0, 0.1) is 0 Å². The van der Waals surface area contributed by atoms with Gasteiger partial charge in [-0.15, -0.1) is 0 Å². The van der Waals surface area contributed by atoms with E-state index in [1.807, 2.05) is 6.07 Å². The van der Waals surface area contributed by atoms with Gasteiger partial charge in [0.1, 0.15) is 0 Å². The molecule has 1 aliphatic rings. The minimum absolute atomic E-state index is 0.193. The SMILES string of the molecule is CNc1nc(Cl)nc(N2CCN(c3ncccn3)CC2)n1. The molecule has 0 bridgehead atoms. The molecule has 2 aromatic heterocycles. The number of hydrogen-bond acceptors (Lipinski definition) is 8. The Kier molecular flexibility index (Phi) is 3.96. The maximum atomic E-state index is 5.91. The third kappa shape index (κ3) is 3.10. The van der Waals surface area contributed by atoms with Crippen LogP contribution in [0.5, 0.6) is 0 Å². The van der Waals surface area contributed by atoms with Crippen molar-refractivity contribution in [2.45, 2.75) is 0 Å². The van der Waals surface area contributed by atoms with Crippen LogP contribution >= 0.6 is 11.6 Å². The monoisotopic (exact) mass is 306 g/mol. The third-order valence-corrected chi connectivity index (χ3v) is 3.39. The number of nitrogens with one attached hydrogen (secondary N) is 1. The van der Waals surface area contributed by atoms with Gasteiger partial charge in [0.2, 0.25) is 23.1 Å². The minimum atomic E-state index is 0.193. The van der Waals surface area contributed by atoms with E-state index in [0.29, 0.717) is 11.9 Å². The molecular weight excluding hydrogens is 292 g/mol. The highest BCUT2D eigenvalue weighted by molar-refractivity contribution is 6.28. The molecule has 0 aliphatic carbocycles. The van der Waals surface area contributed by atoms with Gasteiger partial charge in [0.25, 0.3) is 0 Å². The molecular formula is C12H15ClN8. The van der Waals surface area contributed by atoms with Crippen molar-refractivity contribution in [3.05, 3.63) is 23.7 Å². The van der Waals surface area contributed by atoms with E-state index < -0.39 is 0 Å². The lowest BCUT2D eigenvalue weighted by molar-refractivity contribution is 0.627. The molecule has 0 aromatic carbocycles. The second kappa shape index (κ2) is 6.04. The predicted octanol–water partition coefficient (Wildman–Crippen LogP) is 0.683. The summed E-state index contributed by atoms with van der Waals surface area (Å²) in [5, 5.41) is 3.07. The summed E-state index contributed by atoms with van der Waals surface area (Å²) in [7, 11) is 1.75. The highest BCUT2D eigenvalue weighted by atomic mass is 35.5. The van der Waals surface area contributed by atoms with Gasteiger partial charge in [-0.3, -0.25) is 0 Å². The van der Waals surface area contributed by atoms with Crippen LogP contribution in [-0.2, 0) is 0 Å². The highest BCUT2D eigenvalue weighted by Crippen LogP contribution is 2.17. The lowest BCUT2D eigenvalue weighted by Crippen LogP contribution is -2.47. The Morgan fingerprint density at radius 2 is 1.57 bits per heavy atom. The van der Waals surface area contributed by atoms with Gasteiger partial charge in [-0.25, -0.2) is 9.97 Å². The van der Waals surface area contributed by atoms with Crippen molar-refractivity contribution in [3.63, 3.8) is 0 Å². The number of halogens is 1. The van der Waals surface area contributed by atoms with Gasteiger partial charge in [0.05, 0.1) is 0 Å². The summed E-state index contributed by atoms with van der Waals surface area (Å²) in [6.45, 7) is 3.17. The number of piperazine rings is 1. The standard InChI is InChI=1S/C12H15ClN8/c1-14-10-17-9(13)18-12(19-10)21-7-5-20(6-8-21)11-15-3-2-4-16-11/h2-4H,5-8H2,1H3,(H,14,17,18,19). The van der Waals surface area contributed by atoms with Crippen LogP contribution in [0.2, 0.25) is 5.28 Å². The molecule has 1 N–H and O–H groups in total. The van der Waals surface area contributed by atoms with Gasteiger partial charge in [0.15, 0.2) is 0 Å². The number of aromatic nitrogens is 5. The smallest absolute Gasteiger partial charge is 0.231 e. The number of hydrogen-bond donors (Lipinski definition) is 1. The molecule has 3 rings (SSSR count). The van der Waals surface area contributed by atoms with Gasteiger partial charge in [-0.2, -0.15) is 15.0 Å². The summed E-state index contributed by atoms with van der Waals surface area (Å²) in [6.07, 6.45) is 3.50. The van der Waals surface area contributed by atoms with Gasteiger partial charge in [-0.1, -0.05) is 0 Å². The molecule has 110 valence electrons. The summed E-state index contributed by atoms with van der Waals surface area (Å²) in [5.41, 5.74) is 0. The summed E-state index contributed by atoms with van der Waals surface area (Å²) in [5.74, 6) is 1.81. The van der Waals surface area contributed by atoms with Crippen LogP contribution in [-0.4, -0.2) is 58.1 Å². The maximum absolute atomic E-state index is 5.91. The van der Waals surface area contributed by atoms with E-state index in [1.165, 1.54) is 0 Å². The fourth-order valence-corrected chi connectivity index (χ4v) is 2.31. The fraction of sp³-hybridized carbons (Fsp3) is 0.417. The van der Waals surface area contributed by atoms with E-state index in [9.17, 15) is 0 Å². The van der Waals surface area contributed by atoms with Crippen LogP contribution in [0.4, 0.5) is 17.8 Å². The molecule has 8 nitrogen and oxygen atoms in total. The van der Waals surface area contributed by atoms with Crippen molar-refractivity contribution in [2.75, 3.05) is 48.3 Å². The zero-order valence-electron chi connectivity index (χ0n) is 11.6. The molecule has 0 radical (unpaired) electrons. The Balaban J connectivity index is 1.70. The van der Waals surface area contributed by atoms with Gasteiger partial charge < -0.3 is 15.1 Å². The number of rotatable bonds is 3. The highest BCUT2D eigenvalue weighted by Gasteiger charge is 2.21.